The SMILES string of the molecule is O=C(Cn1cc(/C=C2\SC(=O)N(CCOc3ccccc3)C2=O)c2ccccc21)NC1CCCC1. The van der Waals surface area contributed by atoms with Gasteiger partial charge in [-0.2, -0.15) is 0 Å². The minimum absolute atomic E-state index is 0.0112. The van der Waals surface area contributed by atoms with Gasteiger partial charge in [0.25, 0.3) is 11.1 Å². The molecule has 3 aromatic rings. The lowest BCUT2D eigenvalue weighted by molar-refractivity contribution is -0.123. The maximum atomic E-state index is 13.0. The van der Waals surface area contributed by atoms with Crippen molar-refractivity contribution in [3.05, 3.63) is 71.3 Å². The number of fused-ring (bicyclic) bond motifs is 1. The van der Waals surface area contributed by atoms with Gasteiger partial charge in [-0.15, -0.1) is 0 Å². The highest BCUT2D eigenvalue weighted by molar-refractivity contribution is 8.18. The summed E-state index contributed by atoms with van der Waals surface area (Å²) < 4.78 is 7.55. The molecule has 2 fully saturated rings. The van der Waals surface area contributed by atoms with Crippen LogP contribution in [0.4, 0.5) is 4.79 Å². The lowest BCUT2D eigenvalue weighted by Gasteiger charge is -2.13. The fourth-order valence-corrected chi connectivity index (χ4v) is 5.48. The van der Waals surface area contributed by atoms with Crippen LogP contribution in [0.5, 0.6) is 5.75 Å². The Balaban J connectivity index is 1.30. The number of nitrogens with zero attached hydrogens (tertiary/aromatic N) is 2. The number of carbonyl (C=O) groups excluding carboxylic acids is 3. The van der Waals surface area contributed by atoms with E-state index in [1.807, 2.05) is 65.4 Å². The van der Waals surface area contributed by atoms with Gasteiger partial charge in [0.15, 0.2) is 0 Å². The number of rotatable bonds is 8. The molecule has 5 rings (SSSR count). The normalized spacial score (nSPS) is 17.6. The Morgan fingerprint density at radius 3 is 2.60 bits per heavy atom. The van der Waals surface area contributed by atoms with Crippen LogP contribution in [0.1, 0.15) is 31.2 Å². The van der Waals surface area contributed by atoms with Crippen LogP contribution in [0.15, 0.2) is 65.7 Å². The fourth-order valence-electron chi connectivity index (χ4n) is 4.62. The largest absolute Gasteiger partial charge is 0.492 e. The first kappa shape index (κ1) is 23.2. The summed E-state index contributed by atoms with van der Waals surface area (Å²) in [4.78, 5) is 39.7. The van der Waals surface area contributed by atoms with Crippen molar-refractivity contribution in [2.45, 2.75) is 38.3 Å². The van der Waals surface area contributed by atoms with Crippen LogP contribution in [-0.2, 0) is 16.1 Å². The second kappa shape index (κ2) is 10.4. The van der Waals surface area contributed by atoms with Gasteiger partial charge in [-0.3, -0.25) is 19.3 Å². The van der Waals surface area contributed by atoms with Crippen LogP contribution >= 0.6 is 11.8 Å². The smallest absolute Gasteiger partial charge is 0.293 e. The summed E-state index contributed by atoms with van der Waals surface area (Å²) in [6.45, 7) is 0.619. The van der Waals surface area contributed by atoms with Gasteiger partial charge in [-0.25, -0.2) is 0 Å². The summed E-state index contributed by atoms with van der Waals surface area (Å²) in [5, 5.41) is 3.75. The predicted octanol–water partition coefficient (Wildman–Crippen LogP) is 4.82. The predicted molar refractivity (Wildman–Crippen MR) is 137 cm³/mol. The van der Waals surface area contributed by atoms with Crippen LogP contribution in [0.2, 0.25) is 0 Å². The van der Waals surface area contributed by atoms with Gasteiger partial charge in [0.2, 0.25) is 5.91 Å². The van der Waals surface area contributed by atoms with Crippen molar-refractivity contribution in [2.75, 3.05) is 13.2 Å². The number of hydrogen-bond donors (Lipinski definition) is 1. The first-order chi connectivity index (χ1) is 17.1. The Morgan fingerprint density at radius 1 is 1.06 bits per heavy atom. The summed E-state index contributed by atoms with van der Waals surface area (Å²) in [6.07, 6.45) is 8.03. The summed E-state index contributed by atoms with van der Waals surface area (Å²) >= 11 is 0.930. The number of benzene rings is 2. The Morgan fingerprint density at radius 2 is 1.80 bits per heavy atom. The van der Waals surface area contributed by atoms with Crippen LogP contribution in [0.3, 0.4) is 0 Å². The molecule has 35 heavy (non-hydrogen) atoms. The van der Waals surface area contributed by atoms with Gasteiger partial charge >= 0.3 is 0 Å². The first-order valence-corrected chi connectivity index (χ1v) is 12.7. The minimum Gasteiger partial charge on any atom is -0.492 e. The molecule has 180 valence electrons. The van der Waals surface area contributed by atoms with E-state index in [9.17, 15) is 14.4 Å². The molecule has 0 radical (unpaired) electrons. The fraction of sp³-hybridized carbons (Fsp3) is 0.296. The van der Waals surface area contributed by atoms with Crippen molar-refractivity contribution >= 4 is 45.8 Å². The summed E-state index contributed by atoms with van der Waals surface area (Å²) in [6, 6.07) is 17.3. The molecule has 2 aromatic carbocycles. The topological polar surface area (TPSA) is 80.6 Å². The molecule has 1 N–H and O–H groups in total. The van der Waals surface area contributed by atoms with Gasteiger partial charge in [0, 0.05) is 28.7 Å². The first-order valence-electron chi connectivity index (χ1n) is 11.9. The van der Waals surface area contributed by atoms with Crippen molar-refractivity contribution in [3.8, 4) is 5.75 Å². The van der Waals surface area contributed by atoms with Crippen molar-refractivity contribution in [3.63, 3.8) is 0 Å². The number of amides is 3. The zero-order valence-electron chi connectivity index (χ0n) is 19.3. The van der Waals surface area contributed by atoms with Crippen molar-refractivity contribution in [1.82, 2.24) is 14.8 Å². The maximum Gasteiger partial charge on any atom is 0.293 e. The third kappa shape index (κ3) is 5.27. The number of nitrogens with one attached hydrogen (secondary N) is 1. The summed E-state index contributed by atoms with van der Waals surface area (Å²) in [5.41, 5.74) is 1.72. The molecule has 0 spiro atoms. The molecular weight excluding hydrogens is 462 g/mol. The van der Waals surface area contributed by atoms with Crippen LogP contribution < -0.4 is 10.1 Å². The zero-order chi connectivity index (χ0) is 24.2. The van der Waals surface area contributed by atoms with Gasteiger partial charge in [0.1, 0.15) is 18.9 Å². The number of carbonyl (C=O) groups is 3. The highest BCUT2D eigenvalue weighted by Gasteiger charge is 2.35. The van der Waals surface area contributed by atoms with Crippen molar-refractivity contribution < 1.29 is 19.1 Å². The number of imide groups is 1. The Bertz CT molecular complexity index is 1280. The molecule has 2 heterocycles. The molecule has 7 nitrogen and oxygen atoms in total. The van der Waals surface area contributed by atoms with Gasteiger partial charge < -0.3 is 14.6 Å². The zero-order valence-corrected chi connectivity index (χ0v) is 20.1. The minimum atomic E-state index is -0.326. The van der Waals surface area contributed by atoms with E-state index >= 15 is 0 Å². The van der Waals surface area contributed by atoms with E-state index in [4.69, 9.17) is 4.74 Å². The van der Waals surface area contributed by atoms with Gasteiger partial charge in [0.05, 0.1) is 11.4 Å². The van der Waals surface area contributed by atoms with Crippen molar-refractivity contribution in [2.24, 2.45) is 0 Å². The number of para-hydroxylation sites is 2. The van der Waals surface area contributed by atoms with Crippen LogP contribution in [-0.4, -0.2) is 45.7 Å². The molecule has 8 heteroatoms. The molecule has 1 saturated carbocycles. The summed E-state index contributed by atoms with van der Waals surface area (Å²) in [7, 11) is 0. The third-order valence-corrected chi connectivity index (χ3v) is 7.25. The maximum absolute atomic E-state index is 13.0. The number of thioether (sulfide) groups is 1. The molecule has 1 aromatic heterocycles. The van der Waals surface area contributed by atoms with Crippen LogP contribution in [0, 0.1) is 0 Å². The second-order valence-corrected chi connectivity index (χ2v) is 9.77. The molecule has 1 saturated heterocycles. The van der Waals surface area contributed by atoms with E-state index in [1.54, 1.807) is 6.08 Å². The highest BCUT2D eigenvalue weighted by Crippen LogP contribution is 2.34. The number of aromatic nitrogens is 1. The van der Waals surface area contributed by atoms with E-state index in [2.05, 4.69) is 5.32 Å². The molecule has 3 amide bonds. The highest BCUT2D eigenvalue weighted by atomic mass is 32.2. The summed E-state index contributed by atoms with van der Waals surface area (Å²) in [5.74, 6) is 0.357. The van der Waals surface area contributed by atoms with E-state index < -0.39 is 0 Å². The van der Waals surface area contributed by atoms with E-state index in [0.29, 0.717) is 10.7 Å². The van der Waals surface area contributed by atoms with E-state index in [1.165, 1.54) is 4.90 Å². The molecule has 1 aliphatic carbocycles. The van der Waals surface area contributed by atoms with Crippen molar-refractivity contribution in [1.29, 1.82) is 0 Å². The number of ether oxygens (including phenoxy) is 1. The molecule has 0 atom stereocenters. The average molecular weight is 490 g/mol. The quantitative estimate of drug-likeness (QED) is 0.459. The second-order valence-electron chi connectivity index (χ2n) is 8.77. The molecular formula is C27H27N3O4S. The van der Waals surface area contributed by atoms with E-state index in [0.717, 1.165) is 53.9 Å². The third-order valence-electron chi connectivity index (χ3n) is 6.34. The van der Waals surface area contributed by atoms with Crippen LogP contribution in [0.25, 0.3) is 17.0 Å². The Kier molecular flexibility index (Phi) is 6.90. The van der Waals surface area contributed by atoms with Gasteiger partial charge in [-0.05, 0) is 48.9 Å². The molecule has 2 aliphatic rings. The monoisotopic (exact) mass is 489 g/mol. The average Bonchev–Trinajstić information content (AvgIpc) is 3.56. The molecule has 1 aliphatic heterocycles. The lowest BCUT2D eigenvalue weighted by Crippen LogP contribution is -2.35. The number of hydrogen-bond acceptors (Lipinski definition) is 5. The Labute approximate surface area is 208 Å². The standard InChI is InChI=1S/C27H27N3O4S/c31-25(28-20-8-4-5-9-20)18-29-17-19(22-12-6-7-13-23(22)29)16-24-26(32)30(27(33)35-24)14-15-34-21-10-2-1-3-11-21/h1-3,6-7,10-13,16-17,20H,4-5,8-9,14-15,18H2,(H,28,31)/b24-16-. The Hall–Kier alpha value is -3.52. The molecule has 0 unspecified atom stereocenters. The lowest BCUT2D eigenvalue weighted by atomic mass is 10.1. The van der Waals surface area contributed by atoms with E-state index in [-0.39, 0.29) is 42.8 Å². The van der Waals surface area contributed by atoms with Gasteiger partial charge in [-0.1, -0.05) is 49.2 Å². The molecule has 0 bridgehead atoms.